The lowest BCUT2D eigenvalue weighted by Gasteiger charge is -2.24. The number of aryl methyl sites for hydroxylation is 1. The lowest BCUT2D eigenvalue weighted by atomic mass is 10.0. The van der Waals surface area contributed by atoms with Crippen LogP contribution in [-0.4, -0.2) is 12.6 Å². The SMILES string of the molecule is Cc1ccccc1C1CNC(=O)N1c1ccccc1. The summed E-state index contributed by atoms with van der Waals surface area (Å²) in [5.41, 5.74) is 3.35. The highest BCUT2D eigenvalue weighted by Gasteiger charge is 2.33. The summed E-state index contributed by atoms with van der Waals surface area (Å²) in [7, 11) is 0. The Hall–Kier alpha value is -2.29. The molecule has 0 saturated carbocycles. The van der Waals surface area contributed by atoms with Crippen molar-refractivity contribution < 1.29 is 4.79 Å². The number of hydrogen-bond acceptors (Lipinski definition) is 1. The number of benzene rings is 2. The molecule has 96 valence electrons. The second-order valence-electron chi connectivity index (χ2n) is 4.76. The fourth-order valence-electron chi connectivity index (χ4n) is 2.60. The minimum Gasteiger partial charge on any atom is -0.335 e. The van der Waals surface area contributed by atoms with Gasteiger partial charge in [-0.25, -0.2) is 4.79 Å². The third kappa shape index (κ3) is 2.08. The Balaban J connectivity index is 2.02. The lowest BCUT2D eigenvalue weighted by Crippen LogP contribution is -2.29. The molecule has 0 bridgehead atoms. The quantitative estimate of drug-likeness (QED) is 0.874. The van der Waals surface area contributed by atoms with Gasteiger partial charge in [0.15, 0.2) is 0 Å². The van der Waals surface area contributed by atoms with Gasteiger partial charge in [0.2, 0.25) is 0 Å². The number of amides is 2. The molecule has 1 aliphatic heterocycles. The molecular weight excluding hydrogens is 236 g/mol. The predicted molar refractivity (Wildman–Crippen MR) is 76.2 cm³/mol. The first-order valence-corrected chi connectivity index (χ1v) is 6.45. The fraction of sp³-hybridized carbons (Fsp3) is 0.188. The van der Waals surface area contributed by atoms with Crippen molar-refractivity contribution in [1.82, 2.24) is 5.32 Å². The van der Waals surface area contributed by atoms with Crippen LogP contribution in [0, 0.1) is 6.92 Å². The Bertz CT molecular complexity index is 595. The molecule has 1 heterocycles. The van der Waals surface area contributed by atoms with Crippen LogP contribution in [-0.2, 0) is 0 Å². The average Bonchev–Trinajstić information content (AvgIpc) is 2.82. The second kappa shape index (κ2) is 4.76. The van der Waals surface area contributed by atoms with Crippen molar-refractivity contribution in [3.05, 3.63) is 65.7 Å². The number of anilines is 1. The Kier molecular flexibility index (Phi) is 2.95. The molecule has 3 nitrogen and oxygen atoms in total. The van der Waals surface area contributed by atoms with E-state index in [0.717, 1.165) is 5.69 Å². The first-order chi connectivity index (χ1) is 9.27. The summed E-state index contributed by atoms with van der Waals surface area (Å²) >= 11 is 0. The number of carbonyl (C=O) groups excluding carboxylic acids is 1. The third-order valence-corrected chi connectivity index (χ3v) is 3.56. The molecule has 1 fully saturated rings. The summed E-state index contributed by atoms with van der Waals surface area (Å²) in [6.07, 6.45) is 0. The smallest absolute Gasteiger partial charge is 0.322 e. The predicted octanol–water partition coefficient (Wildman–Crippen LogP) is 3.27. The standard InChI is InChI=1S/C16H16N2O/c1-12-7-5-6-10-14(12)15-11-17-16(19)18(15)13-8-3-2-4-9-13/h2-10,15H,11H2,1H3,(H,17,19). The van der Waals surface area contributed by atoms with Crippen molar-refractivity contribution in [1.29, 1.82) is 0 Å². The zero-order valence-corrected chi connectivity index (χ0v) is 10.8. The van der Waals surface area contributed by atoms with Crippen molar-refractivity contribution >= 4 is 11.7 Å². The van der Waals surface area contributed by atoms with Gasteiger partial charge in [0.1, 0.15) is 0 Å². The number of urea groups is 1. The highest BCUT2D eigenvalue weighted by molar-refractivity contribution is 5.95. The highest BCUT2D eigenvalue weighted by atomic mass is 16.2. The van der Waals surface area contributed by atoms with Gasteiger partial charge >= 0.3 is 6.03 Å². The molecule has 0 aliphatic carbocycles. The number of nitrogens with zero attached hydrogens (tertiary/aromatic N) is 1. The molecule has 1 aliphatic rings. The monoisotopic (exact) mass is 252 g/mol. The molecule has 0 spiro atoms. The number of carbonyl (C=O) groups is 1. The summed E-state index contributed by atoms with van der Waals surface area (Å²) in [5, 5.41) is 2.93. The number of para-hydroxylation sites is 1. The Morgan fingerprint density at radius 3 is 2.47 bits per heavy atom. The average molecular weight is 252 g/mol. The van der Waals surface area contributed by atoms with E-state index in [1.807, 2.05) is 47.4 Å². The van der Waals surface area contributed by atoms with Crippen molar-refractivity contribution in [2.24, 2.45) is 0 Å². The van der Waals surface area contributed by atoms with Crippen LogP contribution in [0.15, 0.2) is 54.6 Å². The molecule has 2 amide bonds. The Labute approximate surface area is 112 Å². The lowest BCUT2D eigenvalue weighted by molar-refractivity contribution is 0.251. The van der Waals surface area contributed by atoms with Gasteiger partial charge < -0.3 is 5.32 Å². The van der Waals surface area contributed by atoms with Crippen molar-refractivity contribution in [2.45, 2.75) is 13.0 Å². The van der Waals surface area contributed by atoms with Gasteiger partial charge in [-0.05, 0) is 30.2 Å². The molecule has 19 heavy (non-hydrogen) atoms. The molecule has 1 saturated heterocycles. The largest absolute Gasteiger partial charge is 0.335 e. The van der Waals surface area contributed by atoms with Gasteiger partial charge in [0, 0.05) is 12.2 Å². The first kappa shape index (κ1) is 11.8. The van der Waals surface area contributed by atoms with E-state index in [-0.39, 0.29) is 12.1 Å². The van der Waals surface area contributed by atoms with E-state index in [0.29, 0.717) is 6.54 Å². The minimum absolute atomic E-state index is 0.0283. The maximum Gasteiger partial charge on any atom is 0.322 e. The van der Waals surface area contributed by atoms with Crippen molar-refractivity contribution in [2.75, 3.05) is 11.4 Å². The summed E-state index contributed by atoms with van der Waals surface area (Å²) in [4.78, 5) is 13.9. The topological polar surface area (TPSA) is 32.3 Å². The molecule has 0 aromatic heterocycles. The molecule has 2 aromatic carbocycles. The van der Waals surface area contributed by atoms with E-state index in [1.54, 1.807) is 0 Å². The minimum atomic E-state index is -0.0283. The van der Waals surface area contributed by atoms with Gasteiger partial charge in [0.25, 0.3) is 0 Å². The van der Waals surface area contributed by atoms with Crippen molar-refractivity contribution in [3.63, 3.8) is 0 Å². The van der Waals surface area contributed by atoms with Gasteiger partial charge in [-0.2, -0.15) is 0 Å². The normalized spacial score (nSPS) is 18.5. The molecule has 1 N–H and O–H groups in total. The third-order valence-electron chi connectivity index (χ3n) is 3.56. The van der Waals surface area contributed by atoms with Crippen LogP contribution in [0.3, 0.4) is 0 Å². The van der Waals surface area contributed by atoms with Gasteiger partial charge in [-0.3, -0.25) is 4.90 Å². The summed E-state index contributed by atoms with van der Waals surface area (Å²) in [5.74, 6) is 0. The van der Waals surface area contributed by atoms with Crippen LogP contribution in [0.2, 0.25) is 0 Å². The maximum absolute atomic E-state index is 12.1. The van der Waals surface area contributed by atoms with E-state index < -0.39 is 0 Å². The summed E-state index contributed by atoms with van der Waals surface area (Å²) in [6, 6.07) is 18.1. The van der Waals surface area contributed by atoms with E-state index in [4.69, 9.17) is 0 Å². The van der Waals surface area contributed by atoms with Crippen LogP contribution in [0.25, 0.3) is 0 Å². The molecule has 1 unspecified atom stereocenters. The van der Waals surface area contributed by atoms with Gasteiger partial charge in [-0.1, -0.05) is 42.5 Å². The summed E-state index contributed by atoms with van der Waals surface area (Å²) < 4.78 is 0. The molecular formula is C16H16N2O. The van der Waals surface area contributed by atoms with Crippen molar-refractivity contribution in [3.8, 4) is 0 Å². The van der Waals surface area contributed by atoms with Crippen LogP contribution in [0.4, 0.5) is 10.5 Å². The van der Waals surface area contributed by atoms with E-state index >= 15 is 0 Å². The molecule has 0 radical (unpaired) electrons. The first-order valence-electron chi connectivity index (χ1n) is 6.45. The van der Waals surface area contributed by atoms with Gasteiger partial charge in [-0.15, -0.1) is 0 Å². The maximum atomic E-state index is 12.1. The number of nitrogens with one attached hydrogen (secondary N) is 1. The Morgan fingerprint density at radius 1 is 1.05 bits per heavy atom. The van der Waals surface area contributed by atoms with Crippen LogP contribution >= 0.6 is 0 Å². The number of hydrogen-bond donors (Lipinski definition) is 1. The molecule has 3 rings (SSSR count). The summed E-state index contributed by atoms with van der Waals surface area (Å²) in [6.45, 7) is 2.74. The number of rotatable bonds is 2. The zero-order chi connectivity index (χ0) is 13.2. The fourth-order valence-corrected chi connectivity index (χ4v) is 2.60. The van der Waals surface area contributed by atoms with Crippen LogP contribution in [0.1, 0.15) is 17.2 Å². The highest BCUT2D eigenvalue weighted by Crippen LogP contribution is 2.31. The van der Waals surface area contributed by atoms with Crippen LogP contribution < -0.4 is 10.2 Å². The zero-order valence-electron chi connectivity index (χ0n) is 10.8. The van der Waals surface area contributed by atoms with E-state index in [9.17, 15) is 4.79 Å². The second-order valence-corrected chi connectivity index (χ2v) is 4.76. The Morgan fingerprint density at radius 2 is 1.74 bits per heavy atom. The van der Waals surface area contributed by atoms with E-state index in [2.05, 4.69) is 24.4 Å². The van der Waals surface area contributed by atoms with Gasteiger partial charge in [0.05, 0.1) is 6.04 Å². The molecule has 3 heteroatoms. The van der Waals surface area contributed by atoms with Crippen LogP contribution in [0.5, 0.6) is 0 Å². The van der Waals surface area contributed by atoms with E-state index in [1.165, 1.54) is 11.1 Å². The molecule has 1 atom stereocenters. The molecule has 2 aromatic rings.